The summed E-state index contributed by atoms with van der Waals surface area (Å²) >= 11 is 0. The Morgan fingerprint density at radius 2 is 0.807 bits per heavy atom. The Morgan fingerprint density at radius 3 is 1.21 bits per heavy atom. The van der Waals surface area contributed by atoms with Crippen LogP contribution in [0.3, 0.4) is 0 Å². The van der Waals surface area contributed by atoms with E-state index in [1.165, 1.54) is 179 Å². The Hall–Kier alpha value is -1.70. The summed E-state index contributed by atoms with van der Waals surface area (Å²) in [5.74, 6) is -1.00. The molecule has 0 radical (unpaired) electrons. The number of rotatable bonds is 44. The molecule has 0 bridgehead atoms. The Bertz CT molecular complexity index is 1080. The summed E-state index contributed by atoms with van der Waals surface area (Å²) in [7, 11) is -4.36. The van der Waals surface area contributed by atoms with Gasteiger partial charge >= 0.3 is 0 Å². The number of hydrogen-bond donors (Lipinski definition) is 3. The van der Waals surface area contributed by atoms with E-state index in [-0.39, 0.29) is 12.3 Å². The van der Waals surface area contributed by atoms with E-state index < -0.39 is 28.0 Å². The third-order valence-corrected chi connectivity index (χ3v) is 11.8. The zero-order valence-corrected chi connectivity index (χ0v) is 38.3. The van der Waals surface area contributed by atoms with E-state index in [0.29, 0.717) is 6.42 Å². The van der Waals surface area contributed by atoms with Gasteiger partial charge in [-0.3, -0.25) is 9.35 Å². The number of hydrogen-bond acceptors (Lipinski definition) is 4. The van der Waals surface area contributed by atoms with Crippen LogP contribution < -0.4 is 5.32 Å². The van der Waals surface area contributed by atoms with Crippen LogP contribution in [0.25, 0.3) is 0 Å². The molecular weight excluding hydrogens is 727 g/mol. The summed E-state index contributed by atoms with van der Waals surface area (Å²) in [6.07, 6.45) is 59.7. The van der Waals surface area contributed by atoms with Gasteiger partial charge in [-0.2, -0.15) is 8.42 Å². The molecule has 2 unspecified atom stereocenters. The molecule has 0 aliphatic heterocycles. The maximum atomic E-state index is 12.6. The summed E-state index contributed by atoms with van der Waals surface area (Å²) in [6.45, 7) is 4.54. The zero-order chi connectivity index (χ0) is 41.8. The third-order valence-electron chi connectivity index (χ3n) is 11.0. The van der Waals surface area contributed by atoms with Crippen LogP contribution in [0.5, 0.6) is 0 Å². The minimum atomic E-state index is -4.36. The quantitative estimate of drug-likeness (QED) is 0.0323. The van der Waals surface area contributed by atoms with Crippen LogP contribution in [-0.2, 0) is 14.9 Å². The Morgan fingerprint density at radius 1 is 0.474 bits per heavy atom. The minimum absolute atomic E-state index is 0.283. The van der Waals surface area contributed by atoms with Crippen molar-refractivity contribution in [1.82, 2.24) is 5.32 Å². The molecule has 0 spiro atoms. The van der Waals surface area contributed by atoms with E-state index in [4.69, 9.17) is 0 Å². The molecule has 0 saturated carbocycles. The normalized spacial score (nSPS) is 13.5. The Balaban J connectivity index is 3.88. The number of allylic oxidation sites excluding steroid dienone is 7. The average Bonchev–Trinajstić information content (AvgIpc) is 3.18. The molecule has 7 heteroatoms. The summed E-state index contributed by atoms with van der Waals surface area (Å²) < 4.78 is 32.6. The van der Waals surface area contributed by atoms with E-state index in [9.17, 15) is 22.9 Å². The molecule has 0 aromatic rings. The molecule has 0 aromatic carbocycles. The molecule has 0 aliphatic carbocycles. The number of amides is 1. The molecule has 0 rings (SSSR count). The first-order valence-electron chi connectivity index (χ1n) is 24.3. The van der Waals surface area contributed by atoms with Crippen molar-refractivity contribution in [2.24, 2.45) is 0 Å². The first-order chi connectivity index (χ1) is 27.8. The van der Waals surface area contributed by atoms with Gasteiger partial charge in [0, 0.05) is 6.42 Å². The van der Waals surface area contributed by atoms with Crippen LogP contribution in [0.15, 0.2) is 48.6 Å². The molecule has 6 nitrogen and oxygen atoms in total. The molecule has 2 atom stereocenters. The van der Waals surface area contributed by atoms with Crippen molar-refractivity contribution < 1.29 is 22.9 Å². The first-order valence-corrected chi connectivity index (χ1v) is 25.9. The van der Waals surface area contributed by atoms with Gasteiger partial charge in [0.2, 0.25) is 5.91 Å². The van der Waals surface area contributed by atoms with Gasteiger partial charge in [0.05, 0.1) is 17.9 Å². The Kier molecular flexibility index (Phi) is 42.6. The lowest BCUT2D eigenvalue weighted by molar-refractivity contribution is -0.122. The number of carbonyl (C=O) groups is 1. The van der Waals surface area contributed by atoms with Gasteiger partial charge < -0.3 is 10.4 Å². The fourth-order valence-corrected chi connectivity index (χ4v) is 8.05. The van der Waals surface area contributed by atoms with Crippen LogP contribution in [-0.4, -0.2) is 41.9 Å². The molecule has 334 valence electrons. The highest BCUT2D eigenvalue weighted by atomic mass is 32.2. The number of nitrogens with one attached hydrogen (secondary N) is 1. The van der Waals surface area contributed by atoms with Gasteiger partial charge in [-0.1, -0.05) is 223 Å². The largest absolute Gasteiger partial charge is 0.387 e. The van der Waals surface area contributed by atoms with Gasteiger partial charge in [0.25, 0.3) is 10.1 Å². The van der Waals surface area contributed by atoms with Crippen molar-refractivity contribution in [3.8, 4) is 0 Å². The van der Waals surface area contributed by atoms with Gasteiger partial charge in [-0.15, -0.1) is 0 Å². The number of carbonyl (C=O) groups excluding carboxylic acids is 1. The fourth-order valence-electron chi connectivity index (χ4n) is 7.32. The smallest absolute Gasteiger partial charge is 0.267 e. The molecule has 3 N–H and O–H groups in total. The van der Waals surface area contributed by atoms with Crippen LogP contribution in [0.1, 0.15) is 245 Å². The molecule has 0 fully saturated rings. The molecule has 0 aliphatic rings. The number of aliphatic hydroxyl groups is 1. The highest BCUT2D eigenvalue weighted by molar-refractivity contribution is 7.85. The lowest BCUT2D eigenvalue weighted by atomic mass is 10.0. The lowest BCUT2D eigenvalue weighted by Crippen LogP contribution is -2.46. The zero-order valence-electron chi connectivity index (χ0n) is 37.5. The fraction of sp³-hybridized carbons (Fsp3) is 0.820. The van der Waals surface area contributed by atoms with Gasteiger partial charge in [0.15, 0.2) is 0 Å². The summed E-state index contributed by atoms with van der Waals surface area (Å²) in [4.78, 5) is 12.6. The summed E-state index contributed by atoms with van der Waals surface area (Å²) in [6, 6.07) is -1.08. The van der Waals surface area contributed by atoms with E-state index >= 15 is 0 Å². The molecule has 1 amide bonds. The monoisotopic (exact) mass is 820 g/mol. The van der Waals surface area contributed by atoms with Crippen molar-refractivity contribution in [2.45, 2.75) is 257 Å². The van der Waals surface area contributed by atoms with Crippen molar-refractivity contribution >= 4 is 16.0 Å². The van der Waals surface area contributed by atoms with E-state index in [0.717, 1.165) is 44.9 Å². The number of unbranched alkanes of at least 4 members (excludes halogenated alkanes) is 30. The second-order valence-electron chi connectivity index (χ2n) is 16.7. The highest BCUT2D eigenvalue weighted by Gasteiger charge is 2.24. The maximum absolute atomic E-state index is 12.6. The predicted octanol–water partition coefficient (Wildman–Crippen LogP) is 15.0. The van der Waals surface area contributed by atoms with Gasteiger partial charge in [-0.25, -0.2) is 0 Å². The lowest BCUT2D eigenvalue weighted by Gasteiger charge is -2.21. The molecule has 0 saturated heterocycles. The SMILES string of the molecule is CCCCCCC/C=C\C/C=C\CCCCCCCCCCCC(=O)NC(CS(=O)(=O)O)C(O)/C=C/CC/C=C/CCCCCCCCCCCCCCCCC. The van der Waals surface area contributed by atoms with E-state index in [1.54, 1.807) is 0 Å². The second-order valence-corrected chi connectivity index (χ2v) is 18.2. The summed E-state index contributed by atoms with van der Waals surface area (Å²) in [5.41, 5.74) is 0. The Labute approximate surface area is 354 Å². The van der Waals surface area contributed by atoms with Crippen molar-refractivity contribution in [3.05, 3.63) is 48.6 Å². The van der Waals surface area contributed by atoms with Gasteiger partial charge in [-0.05, 0) is 64.2 Å². The van der Waals surface area contributed by atoms with Crippen LogP contribution >= 0.6 is 0 Å². The van der Waals surface area contributed by atoms with Crippen LogP contribution in [0.2, 0.25) is 0 Å². The summed E-state index contributed by atoms with van der Waals surface area (Å²) in [5, 5.41) is 13.3. The minimum Gasteiger partial charge on any atom is -0.387 e. The molecular formula is C50H93NO5S. The topological polar surface area (TPSA) is 104 Å². The first kappa shape index (κ1) is 55.3. The third kappa shape index (κ3) is 45.2. The average molecular weight is 820 g/mol. The maximum Gasteiger partial charge on any atom is 0.267 e. The highest BCUT2D eigenvalue weighted by Crippen LogP contribution is 2.15. The van der Waals surface area contributed by atoms with E-state index in [2.05, 4.69) is 55.6 Å². The molecule has 0 heterocycles. The van der Waals surface area contributed by atoms with Crippen molar-refractivity contribution in [1.29, 1.82) is 0 Å². The van der Waals surface area contributed by atoms with Gasteiger partial charge in [0.1, 0.15) is 0 Å². The van der Waals surface area contributed by atoms with E-state index in [1.807, 2.05) is 6.08 Å². The standard InChI is InChI=1S/C50H93NO5S/c1-3-5-7-9-11-13-15-17-19-21-23-25-27-29-31-33-35-37-39-41-43-45-49(52)48(47-57(54,55)56)51-50(53)46-44-42-40-38-36-34-32-30-28-26-24-22-20-18-16-14-12-10-8-6-4-2/h16,18,22,24,35,37,43,45,48-49,52H,3-15,17,19-21,23,25-34,36,38-42,44,46-47H2,1-2H3,(H,51,53)(H,54,55,56)/b18-16-,24-22-,37-35+,45-43+. The molecule has 57 heavy (non-hydrogen) atoms. The van der Waals surface area contributed by atoms with Crippen LogP contribution in [0.4, 0.5) is 0 Å². The second kappa shape index (κ2) is 43.9. The predicted molar refractivity (Wildman–Crippen MR) is 248 cm³/mol. The molecule has 0 aromatic heterocycles. The van der Waals surface area contributed by atoms with Crippen LogP contribution in [0, 0.1) is 0 Å². The van der Waals surface area contributed by atoms with Crippen molar-refractivity contribution in [2.75, 3.05) is 5.75 Å². The van der Waals surface area contributed by atoms with Crippen molar-refractivity contribution in [3.63, 3.8) is 0 Å². The number of aliphatic hydroxyl groups excluding tert-OH is 1.